The number of azide groups is 1. The number of thiophene rings is 1. The molecular formula is C6H7N3S. The van der Waals surface area contributed by atoms with Crippen molar-refractivity contribution in [3.05, 3.63) is 32.8 Å². The van der Waals surface area contributed by atoms with Crippen LogP contribution in [0.2, 0.25) is 0 Å². The molecule has 0 saturated heterocycles. The minimum absolute atomic E-state index is 0.0313. The normalized spacial score (nSPS) is 12.1. The van der Waals surface area contributed by atoms with Crippen LogP contribution in [-0.4, -0.2) is 0 Å². The Hall–Kier alpha value is -0.990. The van der Waals surface area contributed by atoms with E-state index in [1.807, 2.05) is 23.8 Å². The van der Waals surface area contributed by atoms with Gasteiger partial charge >= 0.3 is 0 Å². The molecule has 0 aromatic carbocycles. The SMILES string of the molecule is CC(N=[N+]=[N-])c1ccsc1. The molecule has 0 aliphatic rings. The van der Waals surface area contributed by atoms with Crippen LogP contribution in [-0.2, 0) is 0 Å². The Morgan fingerprint density at radius 3 is 3.10 bits per heavy atom. The minimum Gasteiger partial charge on any atom is -0.152 e. The molecule has 0 radical (unpaired) electrons. The Bertz CT molecular complexity index is 236. The first-order valence-electron chi connectivity index (χ1n) is 2.91. The quantitative estimate of drug-likeness (QED) is 0.356. The summed E-state index contributed by atoms with van der Waals surface area (Å²) in [4.78, 5) is 2.72. The zero-order valence-electron chi connectivity index (χ0n) is 5.56. The third-order valence-corrected chi connectivity index (χ3v) is 1.95. The smallest absolute Gasteiger partial charge is 0.0605 e. The van der Waals surface area contributed by atoms with E-state index in [0.29, 0.717) is 0 Å². The molecule has 0 fully saturated rings. The van der Waals surface area contributed by atoms with Gasteiger partial charge in [0.1, 0.15) is 0 Å². The van der Waals surface area contributed by atoms with Crippen LogP contribution in [0.5, 0.6) is 0 Å². The molecular weight excluding hydrogens is 146 g/mol. The number of rotatable bonds is 2. The standard InChI is InChI=1S/C6H7N3S/c1-5(8-9-7)6-2-3-10-4-6/h2-5H,1H3. The average Bonchev–Trinajstić information content (AvgIpc) is 2.38. The summed E-state index contributed by atoms with van der Waals surface area (Å²) >= 11 is 1.61. The van der Waals surface area contributed by atoms with Crippen molar-refractivity contribution >= 4 is 11.3 Å². The van der Waals surface area contributed by atoms with Gasteiger partial charge in [-0.05, 0) is 27.9 Å². The molecule has 10 heavy (non-hydrogen) atoms. The van der Waals surface area contributed by atoms with Crippen molar-refractivity contribution in [2.45, 2.75) is 13.0 Å². The van der Waals surface area contributed by atoms with E-state index >= 15 is 0 Å². The molecule has 0 N–H and O–H groups in total. The fraction of sp³-hybridized carbons (Fsp3) is 0.333. The van der Waals surface area contributed by atoms with E-state index in [0.717, 1.165) is 5.56 Å². The molecule has 1 aromatic heterocycles. The van der Waals surface area contributed by atoms with E-state index < -0.39 is 0 Å². The second kappa shape index (κ2) is 3.25. The van der Waals surface area contributed by atoms with E-state index in [4.69, 9.17) is 5.53 Å². The minimum atomic E-state index is -0.0313. The van der Waals surface area contributed by atoms with Gasteiger partial charge in [-0.3, -0.25) is 0 Å². The Morgan fingerprint density at radius 1 is 1.80 bits per heavy atom. The van der Waals surface area contributed by atoms with Crippen LogP contribution in [0.15, 0.2) is 21.9 Å². The summed E-state index contributed by atoms with van der Waals surface area (Å²) in [6.45, 7) is 1.88. The third-order valence-electron chi connectivity index (χ3n) is 1.25. The predicted octanol–water partition coefficient (Wildman–Crippen LogP) is 3.12. The molecule has 0 spiro atoms. The molecule has 4 heteroatoms. The van der Waals surface area contributed by atoms with Gasteiger partial charge < -0.3 is 0 Å². The number of hydrogen-bond donors (Lipinski definition) is 0. The molecule has 0 aliphatic carbocycles. The second-order valence-electron chi connectivity index (χ2n) is 1.94. The molecule has 0 aliphatic heterocycles. The van der Waals surface area contributed by atoms with Gasteiger partial charge in [-0.2, -0.15) is 11.3 Å². The van der Waals surface area contributed by atoms with Crippen LogP contribution in [0.4, 0.5) is 0 Å². The molecule has 0 amide bonds. The molecule has 0 saturated carbocycles. The monoisotopic (exact) mass is 153 g/mol. The average molecular weight is 153 g/mol. The maximum Gasteiger partial charge on any atom is 0.0605 e. The fourth-order valence-corrected chi connectivity index (χ4v) is 1.40. The maximum atomic E-state index is 8.10. The molecule has 1 heterocycles. The highest BCUT2D eigenvalue weighted by molar-refractivity contribution is 7.07. The summed E-state index contributed by atoms with van der Waals surface area (Å²) in [6, 6.07) is 1.93. The lowest BCUT2D eigenvalue weighted by Gasteiger charge is -1.96. The molecule has 1 rings (SSSR count). The topological polar surface area (TPSA) is 48.8 Å². The molecule has 0 bridgehead atoms. The van der Waals surface area contributed by atoms with Crippen LogP contribution in [0, 0.1) is 0 Å². The first-order chi connectivity index (χ1) is 4.84. The van der Waals surface area contributed by atoms with Crippen molar-refractivity contribution < 1.29 is 0 Å². The van der Waals surface area contributed by atoms with Crippen LogP contribution in [0.3, 0.4) is 0 Å². The van der Waals surface area contributed by atoms with Crippen molar-refractivity contribution in [2.24, 2.45) is 5.11 Å². The van der Waals surface area contributed by atoms with Gasteiger partial charge in [0.15, 0.2) is 0 Å². The maximum absolute atomic E-state index is 8.10. The highest BCUT2D eigenvalue weighted by atomic mass is 32.1. The van der Waals surface area contributed by atoms with E-state index in [1.165, 1.54) is 0 Å². The Morgan fingerprint density at radius 2 is 2.60 bits per heavy atom. The van der Waals surface area contributed by atoms with Gasteiger partial charge in [-0.15, -0.1) is 0 Å². The summed E-state index contributed by atoms with van der Waals surface area (Å²) in [5.74, 6) is 0. The lowest BCUT2D eigenvalue weighted by molar-refractivity contribution is 0.812. The lowest BCUT2D eigenvalue weighted by Crippen LogP contribution is -1.81. The number of hydrogen-bond acceptors (Lipinski definition) is 2. The molecule has 1 atom stereocenters. The lowest BCUT2D eigenvalue weighted by atomic mass is 10.2. The van der Waals surface area contributed by atoms with Crippen molar-refractivity contribution in [3.8, 4) is 0 Å². The van der Waals surface area contributed by atoms with E-state index in [-0.39, 0.29) is 6.04 Å². The van der Waals surface area contributed by atoms with Crippen LogP contribution >= 0.6 is 11.3 Å². The Kier molecular flexibility index (Phi) is 2.31. The Balaban J connectivity index is 2.76. The first-order valence-corrected chi connectivity index (χ1v) is 3.85. The zero-order valence-corrected chi connectivity index (χ0v) is 6.38. The van der Waals surface area contributed by atoms with Crippen molar-refractivity contribution in [3.63, 3.8) is 0 Å². The van der Waals surface area contributed by atoms with E-state index in [9.17, 15) is 0 Å². The molecule has 3 nitrogen and oxygen atoms in total. The van der Waals surface area contributed by atoms with Gasteiger partial charge in [0, 0.05) is 4.91 Å². The summed E-state index contributed by atoms with van der Waals surface area (Å²) in [6.07, 6.45) is 0. The predicted molar refractivity (Wildman–Crippen MR) is 41.9 cm³/mol. The van der Waals surface area contributed by atoms with Gasteiger partial charge in [0.05, 0.1) is 6.04 Å². The fourth-order valence-electron chi connectivity index (χ4n) is 0.657. The van der Waals surface area contributed by atoms with Gasteiger partial charge in [-0.1, -0.05) is 12.0 Å². The van der Waals surface area contributed by atoms with Crippen molar-refractivity contribution in [1.29, 1.82) is 0 Å². The molecule has 52 valence electrons. The highest BCUT2D eigenvalue weighted by Crippen LogP contribution is 2.18. The zero-order chi connectivity index (χ0) is 7.40. The second-order valence-corrected chi connectivity index (χ2v) is 2.72. The van der Waals surface area contributed by atoms with E-state index in [2.05, 4.69) is 10.0 Å². The molecule has 1 unspecified atom stereocenters. The van der Waals surface area contributed by atoms with E-state index in [1.54, 1.807) is 11.3 Å². The summed E-state index contributed by atoms with van der Waals surface area (Å²) in [7, 11) is 0. The number of nitrogens with zero attached hydrogens (tertiary/aromatic N) is 3. The first kappa shape index (κ1) is 7.12. The van der Waals surface area contributed by atoms with Crippen LogP contribution in [0.25, 0.3) is 10.4 Å². The van der Waals surface area contributed by atoms with Crippen molar-refractivity contribution in [2.75, 3.05) is 0 Å². The summed E-state index contributed by atoms with van der Waals surface area (Å²) < 4.78 is 0. The van der Waals surface area contributed by atoms with Crippen molar-refractivity contribution in [1.82, 2.24) is 0 Å². The summed E-state index contributed by atoms with van der Waals surface area (Å²) in [5, 5.41) is 7.51. The third kappa shape index (κ3) is 1.50. The van der Waals surface area contributed by atoms with Crippen LogP contribution < -0.4 is 0 Å². The van der Waals surface area contributed by atoms with Gasteiger partial charge in [0.25, 0.3) is 0 Å². The Labute approximate surface area is 62.9 Å². The van der Waals surface area contributed by atoms with Gasteiger partial charge in [0.2, 0.25) is 0 Å². The van der Waals surface area contributed by atoms with Crippen LogP contribution in [0.1, 0.15) is 18.5 Å². The summed E-state index contributed by atoms with van der Waals surface area (Å²) in [5.41, 5.74) is 9.18. The highest BCUT2D eigenvalue weighted by Gasteiger charge is 2.00. The largest absolute Gasteiger partial charge is 0.152 e. The molecule has 1 aromatic rings. The van der Waals surface area contributed by atoms with Gasteiger partial charge in [-0.25, -0.2) is 0 Å².